The zero-order valence-electron chi connectivity index (χ0n) is 8.58. The first kappa shape index (κ1) is 9.98. The van der Waals surface area contributed by atoms with Crippen molar-refractivity contribution < 1.29 is 0 Å². The van der Waals surface area contributed by atoms with Gasteiger partial charge in [0.15, 0.2) is 5.69 Å². The summed E-state index contributed by atoms with van der Waals surface area (Å²) in [5, 5.41) is 11.3. The average Bonchev–Trinajstić information content (AvgIpc) is 2.78. The van der Waals surface area contributed by atoms with Crippen LogP contribution in [-0.4, -0.2) is 25.0 Å². The van der Waals surface area contributed by atoms with Crippen molar-refractivity contribution in [1.29, 1.82) is 0 Å². The number of hydrogen-bond acceptors (Lipinski definition) is 5. The number of fused-ring (bicyclic) bond motifs is 1. The normalized spacial score (nSPS) is 10.9. The van der Waals surface area contributed by atoms with Gasteiger partial charge in [0, 0.05) is 5.69 Å². The second kappa shape index (κ2) is 3.67. The quantitative estimate of drug-likeness (QED) is 0.656. The van der Waals surface area contributed by atoms with E-state index in [1.165, 1.54) is 0 Å². The van der Waals surface area contributed by atoms with Crippen molar-refractivity contribution in [3.05, 3.63) is 35.6 Å². The van der Waals surface area contributed by atoms with Crippen LogP contribution in [0.3, 0.4) is 0 Å². The number of para-hydroxylation sites is 1. The van der Waals surface area contributed by atoms with E-state index in [1.807, 2.05) is 30.3 Å². The Morgan fingerprint density at radius 1 is 1.12 bits per heavy atom. The second-order valence-corrected chi connectivity index (χ2v) is 3.74. The van der Waals surface area contributed by atoms with Crippen LogP contribution in [0.2, 0.25) is 5.28 Å². The first-order valence-electron chi connectivity index (χ1n) is 4.85. The van der Waals surface area contributed by atoms with Crippen LogP contribution in [0, 0.1) is 0 Å². The molecule has 0 radical (unpaired) electrons. The highest BCUT2D eigenvalue weighted by molar-refractivity contribution is 6.29. The maximum atomic E-state index is 6.08. The highest BCUT2D eigenvalue weighted by Gasteiger charge is 2.19. The van der Waals surface area contributed by atoms with Crippen molar-refractivity contribution in [3.8, 4) is 17.2 Å². The monoisotopic (exact) mass is 246 g/mol. The van der Waals surface area contributed by atoms with E-state index in [2.05, 4.69) is 20.4 Å². The fourth-order valence-electron chi connectivity index (χ4n) is 1.61. The van der Waals surface area contributed by atoms with E-state index in [0.717, 1.165) is 5.69 Å². The Hall–Kier alpha value is -2.21. The minimum absolute atomic E-state index is 0.225. The third-order valence-corrected chi connectivity index (χ3v) is 2.63. The number of anilines is 1. The minimum atomic E-state index is 0.225. The number of nitrogens with zero attached hydrogens (tertiary/aromatic N) is 5. The molecule has 0 amide bonds. The number of nitrogens with two attached hydrogens (primary N) is 1. The molecule has 0 aromatic heterocycles. The molecule has 0 saturated heterocycles. The molecule has 6 nitrogen and oxygen atoms in total. The molecule has 84 valence electrons. The van der Waals surface area contributed by atoms with E-state index in [4.69, 9.17) is 17.3 Å². The first-order valence-corrected chi connectivity index (χ1v) is 5.23. The molecular formula is C10H7ClN6. The largest absolute Gasteiger partial charge is 0.383 e. The molecule has 0 spiro atoms. The lowest BCUT2D eigenvalue weighted by molar-refractivity contribution is 0.946. The number of benzene rings is 1. The number of aromatic nitrogens is 5. The first-order chi connectivity index (χ1) is 8.27. The number of nitrogen functional groups attached to an aromatic ring is 1. The molecule has 2 heterocycles. The van der Waals surface area contributed by atoms with E-state index in [1.54, 1.807) is 4.57 Å². The molecule has 7 heteroatoms. The Kier molecular flexibility index (Phi) is 2.15. The summed E-state index contributed by atoms with van der Waals surface area (Å²) in [5.41, 5.74) is 7.25. The van der Waals surface area contributed by atoms with Crippen molar-refractivity contribution in [2.75, 3.05) is 5.73 Å². The smallest absolute Gasteiger partial charge is 0.211 e. The molecule has 0 saturated carbocycles. The number of rotatable bonds is 1. The Morgan fingerprint density at radius 2 is 1.88 bits per heavy atom. The lowest BCUT2D eigenvalue weighted by Crippen LogP contribution is -2.09. The summed E-state index contributed by atoms with van der Waals surface area (Å²) in [6, 6.07) is 9.43. The Balaban J connectivity index is 2.34. The van der Waals surface area contributed by atoms with Crippen LogP contribution in [-0.2, 0) is 0 Å². The van der Waals surface area contributed by atoms with Gasteiger partial charge in [0.2, 0.25) is 11.1 Å². The van der Waals surface area contributed by atoms with Gasteiger partial charge in [-0.15, -0.1) is 10.2 Å². The summed E-state index contributed by atoms with van der Waals surface area (Å²) in [5.74, 6) is 0.718. The van der Waals surface area contributed by atoms with Crippen LogP contribution in [0.15, 0.2) is 30.3 Å². The van der Waals surface area contributed by atoms with E-state index in [9.17, 15) is 0 Å². The van der Waals surface area contributed by atoms with Crippen LogP contribution in [0.5, 0.6) is 0 Å². The zero-order chi connectivity index (χ0) is 11.8. The van der Waals surface area contributed by atoms with Gasteiger partial charge in [0.05, 0.1) is 0 Å². The maximum Gasteiger partial charge on any atom is 0.211 e. The van der Waals surface area contributed by atoms with Crippen molar-refractivity contribution in [2.45, 2.75) is 0 Å². The minimum Gasteiger partial charge on any atom is -0.383 e. The van der Waals surface area contributed by atoms with Gasteiger partial charge in [-0.2, -0.15) is 4.98 Å². The van der Waals surface area contributed by atoms with Gasteiger partial charge in [-0.3, -0.25) is 4.57 Å². The summed E-state index contributed by atoms with van der Waals surface area (Å²) >= 11 is 6.08. The molecule has 1 aromatic carbocycles. The predicted octanol–water partition coefficient (Wildman–Crippen LogP) is 1.40. The lowest BCUT2D eigenvalue weighted by atomic mass is 10.3. The Morgan fingerprint density at radius 3 is 2.65 bits per heavy atom. The van der Waals surface area contributed by atoms with E-state index in [-0.39, 0.29) is 5.28 Å². The summed E-state index contributed by atoms with van der Waals surface area (Å²) in [7, 11) is 0. The van der Waals surface area contributed by atoms with Crippen LogP contribution >= 0.6 is 11.6 Å². The molecular weight excluding hydrogens is 240 g/mol. The van der Waals surface area contributed by atoms with Crippen molar-refractivity contribution in [1.82, 2.24) is 25.0 Å². The van der Waals surface area contributed by atoms with Crippen LogP contribution in [0.25, 0.3) is 17.2 Å². The van der Waals surface area contributed by atoms with Gasteiger partial charge in [-0.1, -0.05) is 18.2 Å². The standard InChI is InChI=1S/C10H7ClN6/c11-10-13-9-7(14-16-15-9)8(12)17(10)6-4-2-1-3-5-6/h1-5H,12H2. The number of halogens is 1. The fraction of sp³-hybridized carbons (Fsp3) is 0. The fourth-order valence-corrected chi connectivity index (χ4v) is 1.88. The van der Waals surface area contributed by atoms with E-state index in [0.29, 0.717) is 17.3 Å². The highest BCUT2D eigenvalue weighted by atomic mass is 35.5. The summed E-state index contributed by atoms with van der Waals surface area (Å²) in [6.07, 6.45) is 0. The Labute approximate surface area is 101 Å². The highest BCUT2D eigenvalue weighted by Crippen LogP contribution is 2.28. The van der Waals surface area contributed by atoms with Gasteiger partial charge >= 0.3 is 0 Å². The lowest BCUT2D eigenvalue weighted by Gasteiger charge is -2.13. The molecule has 0 aliphatic carbocycles. The third kappa shape index (κ3) is 1.50. The summed E-state index contributed by atoms with van der Waals surface area (Å²) in [4.78, 5) is 4.09. The zero-order valence-corrected chi connectivity index (χ0v) is 9.33. The van der Waals surface area contributed by atoms with Gasteiger partial charge in [0.25, 0.3) is 0 Å². The molecule has 2 aliphatic heterocycles. The Bertz CT molecular complexity index is 635. The topological polar surface area (TPSA) is 82.5 Å². The van der Waals surface area contributed by atoms with Crippen LogP contribution in [0.4, 0.5) is 5.82 Å². The van der Waals surface area contributed by atoms with Crippen molar-refractivity contribution >= 4 is 17.4 Å². The van der Waals surface area contributed by atoms with Crippen LogP contribution < -0.4 is 5.73 Å². The van der Waals surface area contributed by atoms with Gasteiger partial charge in [-0.25, -0.2) is 0 Å². The van der Waals surface area contributed by atoms with Crippen LogP contribution in [0.1, 0.15) is 0 Å². The molecule has 2 N–H and O–H groups in total. The van der Waals surface area contributed by atoms with E-state index < -0.39 is 0 Å². The van der Waals surface area contributed by atoms with Crippen molar-refractivity contribution in [2.24, 2.45) is 0 Å². The molecule has 1 aromatic rings. The average molecular weight is 247 g/mol. The second-order valence-electron chi connectivity index (χ2n) is 3.40. The van der Waals surface area contributed by atoms with Gasteiger partial charge in [0.1, 0.15) is 5.82 Å². The summed E-state index contributed by atoms with van der Waals surface area (Å²) in [6.45, 7) is 0. The molecule has 0 fully saturated rings. The summed E-state index contributed by atoms with van der Waals surface area (Å²) < 4.78 is 1.60. The SMILES string of the molecule is Nc1c2nnnc-2nc(Cl)n1-c1ccccc1. The maximum absolute atomic E-state index is 6.08. The molecule has 0 atom stereocenters. The molecule has 2 aliphatic rings. The van der Waals surface area contributed by atoms with E-state index >= 15 is 0 Å². The molecule has 0 unspecified atom stereocenters. The molecule has 3 rings (SSSR count). The number of hydrogen-bond donors (Lipinski definition) is 1. The predicted molar refractivity (Wildman–Crippen MR) is 63.0 cm³/mol. The van der Waals surface area contributed by atoms with Crippen molar-refractivity contribution in [3.63, 3.8) is 0 Å². The van der Waals surface area contributed by atoms with Gasteiger partial charge in [-0.05, 0) is 28.9 Å². The third-order valence-electron chi connectivity index (χ3n) is 2.38. The molecule has 17 heavy (non-hydrogen) atoms. The van der Waals surface area contributed by atoms with Gasteiger partial charge < -0.3 is 5.73 Å². The molecule has 0 bridgehead atoms.